The zero-order chi connectivity index (χ0) is 11.8. The molecule has 4 nitrogen and oxygen atoms in total. The third-order valence-corrected chi connectivity index (χ3v) is 1.90. The van der Waals surface area contributed by atoms with E-state index in [9.17, 15) is 13.2 Å². The molecule has 2 heterocycles. The van der Waals surface area contributed by atoms with E-state index in [-0.39, 0.29) is 11.1 Å². The average molecular weight is 249 g/mol. The van der Waals surface area contributed by atoms with E-state index in [2.05, 4.69) is 15.1 Å². The summed E-state index contributed by atoms with van der Waals surface area (Å²) in [6.07, 6.45) is -2.03. The van der Waals surface area contributed by atoms with Gasteiger partial charge >= 0.3 is 6.18 Å². The maximum absolute atomic E-state index is 12.3. The van der Waals surface area contributed by atoms with Crippen molar-refractivity contribution in [1.82, 2.24) is 19.7 Å². The Kier molecular flexibility index (Phi) is 2.55. The number of nitrogens with zero attached hydrogens (tertiary/aromatic N) is 4. The first-order valence-electron chi connectivity index (χ1n) is 4.08. The molecule has 0 aliphatic carbocycles. The van der Waals surface area contributed by atoms with Crippen LogP contribution in [0.15, 0.2) is 24.5 Å². The lowest BCUT2D eigenvalue weighted by Crippen LogP contribution is -2.08. The minimum atomic E-state index is -4.48. The highest BCUT2D eigenvalue weighted by atomic mass is 35.5. The first-order chi connectivity index (χ1) is 7.47. The molecule has 0 atom stereocenters. The van der Waals surface area contributed by atoms with E-state index in [1.807, 2.05) is 0 Å². The van der Waals surface area contributed by atoms with Gasteiger partial charge in [-0.3, -0.25) is 0 Å². The van der Waals surface area contributed by atoms with Crippen molar-refractivity contribution in [3.63, 3.8) is 0 Å². The number of hydrogen-bond donors (Lipinski definition) is 0. The first-order valence-corrected chi connectivity index (χ1v) is 4.46. The normalized spacial score (nSPS) is 11.8. The van der Waals surface area contributed by atoms with Crippen LogP contribution in [0.1, 0.15) is 5.69 Å². The molecule has 84 valence electrons. The summed E-state index contributed by atoms with van der Waals surface area (Å²) < 4.78 is 37.7. The van der Waals surface area contributed by atoms with Crippen LogP contribution < -0.4 is 0 Å². The second-order valence-electron chi connectivity index (χ2n) is 2.82. The van der Waals surface area contributed by atoms with Crippen LogP contribution in [-0.4, -0.2) is 19.7 Å². The molecule has 0 bridgehead atoms. The lowest BCUT2D eigenvalue weighted by molar-refractivity contribution is -0.141. The van der Waals surface area contributed by atoms with Gasteiger partial charge in [0.25, 0.3) is 5.95 Å². The van der Waals surface area contributed by atoms with E-state index in [1.165, 1.54) is 12.3 Å². The molecule has 0 amide bonds. The van der Waals surface area contributed by atoms with Crippen LogP contribution in [0.3, 0.4) is 0 Å². The predicted molar refractivity (Wildman–Crippen MR) is 49.2 cm³/mol. The summed E-state index contributed by atoms with van der Waals surface area (Å²) in [5.74, 6) is -0.0111. The summed E-state index contributed by atoms with van der Waals surface area (Å²) in [6, 6.07) is 2.25. The van der Waals surface area contributed by atoms with E-state index < -0.39 is 11.9 Å². The molecule has 0 saturated heterocycles. The van der Waals surface area contributed by atoms with Gasteiger partial charge < -0.3 is 0 Å². The smallest absolute Gasteiger partial charge is 0.220 e. The Balaban J connectivity index is 2.39. The van der Waals surface area contributed by atoms with Crippen molar-refractivity contribution in [2.75, 3.05) is 0 Å². The molecule has 0 aliphatic rings. The van der Waals surface area contributed by atoms with Gasteiger partial charge in [-0.25, -0.2) is 9.67 Å². The zero-order valence-corrected chi connectivity index (χ0v) is 8.37. The van der Waals surface area contributed by atoms with Crippen molar-refractivity contribution < 1.29 is 13.2 Å². The Labute approximate surface area is 92.7 Å². The average Bonchev–Trinajstić information content (AvgIpc) is 2.65. The Bertz CT molecular complexity index is 508. The number of rotatable bonds is 1. The summed E-state index contributed by atoms with van der Waals surface area (Å²) >= 11 is 5.58. The van der Waals surface area contributed by atoms with Gasteiger partial charge in [-0.15, -0.1) is 0 Å². The predicted octanol–water partition coefficient (Wildman–Crippen LogP) is 2.33. The summed E-state index contributed by atoms with van der Waals surface area (Å²) in [5, 5.41) is 3.43. The van der Waals surface area contributed by atoms with Crippen molar-refractivity contribution in [3.05, 3.63) is 35.4 Å². The fourth-order valence-corrected chi connectivity index (χ4v) is 1.16. The third kappa shape index (κ3) is 2.13. The van der Waals surface area contributed by atoms with Crippen molar-refractivity contribution >= 4 is 11.6 Å². The van der Waals surface area contributed by atoms with Gasteiger partial charge in [-0.05, 0) is 12.1 Å². The molecular weight excluding hydrogens is 245 g/mol. The summed E-state index contributed by atoms with van der Waals surface area (Å²) in [7, 11) is 0. The largest absolute Gasteiger partial charge is 0.435 e. The van der Waals surface area contributed by atoms with Gasteiger partial charge in [-0.2, -0.15) is 23.3 Å². The number of hydrogen-bond acceptors (Lipinski definition) is 3. The van der Waals surface area contributed by atoms with E-state index in [0.717, 1.165) is 16.9 Å². The SMILES string of the molecule is FC(F)(F)c1ccn(-c2nccc(Cl)n2)n1. The van der Waals surface area contributed by atoms with Crippen molar-refractivity contribution in [2.45, 2.75) is 6.18 Å². The molecule has 2 rings (SSSR count). The van der Waals surface area contributed by atoms with E-state index in [1.54, 1.807) is 0 Å². The summed E-state index contributed by atoms with van der Waals surface area (Å²) in [6.45, 7) is 0. The van der Waals surface area contributed by atoms with Gasteiger partial charge in [0, 0.05) is 12.4 Å². The molecular formula is C8H4ClF3N4. The van der Waals surface area contributed by atoms with Gasteiger partial charge in [0.1, 0.15) is 5.15 Å². The minimum absolute atomic E-state index is 0.0111. The first kappa shape index (κ1) is 10.9. The second kappa shape index (κ2) is 3.75. The molecule has 0 radical (unpaired) electrons. The van der Waals surface area contributed by atoms with Gasteiger partial charge in [0.05, 0.1) is 0 Å². The number of aromatic nitrogens is 4. The van der Waals surface area contributed by atoms with Crippen LogP contribution in [0.25, 0.3) is 5.95 Å². The summed E-state index contributed by atoms with van der Waals surface area (Å²) in [5.41, 5.74) is -1.00. The van der Waals surface area contributed by atoms with Crippen molar-refractivity contribution in [2.24, 2.45) is 0 Å². The molecule has 0 unspecified atom stereocenters. The van der Waals surface area contributed by atoms with Crippen molar-refractivity contribution in [3.8, 4) is 5.95 Å². The molecule has 0 aromatic carbocycles. The lowest BCUT2D eigenvalue weighted by Gasteiger charge is -2.01. The topological polar surface area (TPSA) is 43.6 Å². The standard InChI is InChI=1S/C8H4ClF3N4/c9-6-1-3-13-7(14-6)16-4-2-5(15-16)8(10,11)12/h1-4H. The Morgan fingerprint density at radius 2 is 2.00 bits per heavy atom. The van der Waals surface area contributed by atoms with Gasteiger partial charge in [0.15, 0.2) is 5.69 Å². The Hall–Kier alpha value is -1.63. The molecule has 0 spiro atoms. The number of alkyl halides is 3. The second-order valence-corrected chi connectivity index (χ2v) is 3.21. The Morgan fingerprint density at radius 3 is 2.56 bits per heavy atom. The van der Waals surface area contributed by atoms with Crippen molar-refractivity contribution in [1.29, 1.82) is 0 Å². The summed E-state index contributed by atoms with van der Waals surface area (Å²) in [4.78, 5) is 7.47. The molecule has 0 aliphatic heterocycles. The van der Waals surface area contributed by atoms with Crippen LogP contribution in [0.4, 0.5) is 13.2 Å². The fourth-order valence-electron chi connectivity index (χ4n) is 1.02. The lowest BCUT2D eigenvalue weighted by atomic mass is 10.4. The van der Waals surface area contributed by atoms with E-state index in [0.29, 0.717) is 0 Å². The molecule has 2 aromatic rings. The quantitative estimate of drug-likeness (QED) is 0.728. The number of halogens is 4. The highest BCUT2D eigenvalue weighted by molar-refractivity contribution is 6.29. The zero-order valence-electron chi connectivity index (χ0n) is 7.61. The molecule has 2 aromatic heterocycles. The third-order valence-electron chi connectivity index (χ3n) is 1.69. The molecule has 0 fully saturated rings. The van der Waals surface area contributed by atoms with Crippen LogP contribution in [0.2, 0.25) is 5.15 Å². The Morgan fingerprint density at radius 1 is 1.25 bits per heavy atom. The van der Waals surface area contributed by atoms with Crippen LogP contribution in [0.5, 0.6) is 0 Å². The monoisotopic (exact) mass is 248 g/mol. The highest BCUT2D eigenvalue weighted by Gasteiger charge is 2.33. The fraction of sp³-hybridized carbons (Fsp3) is 0.125. The van der Waals surface area contributed by atoms with Gasteiger partial charge in [-0.1, -0.05) is 11.6 Å². The highest BCUT2D eigenvalue weighted by Crippen LogP contribution is 2.27. The van der Waals surface area contributed by atoms with Crippen LogP contribution in [-0.2, 0) is 6.18 Å². The minimum Gasteiger partial charge on any atom is -0.220 e. The van der Waals surface area contributed by atoms with E-state index >= 15 is 0 Å². The van der Waals surface area contributed by atoms with Crippen LogP contribution >= 0.6 is 11.6 Å². The maximum atomic E-state index is 12.3. The van der Waals surface area contributed by atoms with E-state index in [4.69, 9.17) is 11.6 Å². The maximum Gasteiger partial charge on any atom is 0.435 e. The van der Waals surface area contributed by atoms with Gasteiger partial charge in [0.2, 0.25) is 0 Å². The van der Waals surface area contributed by atoms with Crippen LogP contribution in [0, 0.1) is 0 Å². The molecule has 8 heteroatoms. The molecule has 16 heavy (non-hydrogen) atoms. The molecule has 0 N–H and O–H groups in total. The molecule has 0 saturated carbocycles.